The number of benzene rings is 2. The lowest BCUT2D eigenvalue weighted by Gasteiger charge is -2.19. The number of carboxylic acid groups (broad SMARTS) is 1. The normalized spacial score (nSPS) is 14.0. The Balaban J connectivity index is 1.57. The molecule has 7 nitrogen and oxygen atoms in total. The van der Waals surface area contributed by atoms with Crippen molar-refractivity contribution in [3.05, 3.63) is 72.3 Å². The predicted octanol–water partition coefficient (Wildman–Crippen LogP) is 3.45. The van der Waals surface area contributed by atoms with Gasteiger partial charge in [-0.1, -0.05) is 54.6 Å². The van der Waals surface area contributed by atoms with Crippen LogP contribution >= 0.6 is 0 Å². The monoisotopic (exact) mass is 422 g/mol. The number of carboxylic acids is 1. The van der Waals surface area contributed by atoms with Gasteiger partial charge in [-0.2, -0.15) is 0 Å². The number of allylic oxidation sites excluding steroid dienone is 1. The lowest BCUT2D eigenvalue weighted by molar-refractivity contribution is -0.142. The maximum absolute atomic E-state index is 12.3. The van der Waals surface area contributed by atoms with Crippen molar-refractivity contribution < 1.29 is 24.2 Å². The van der Waals surface area contributed by atoms with Gasteiger partial charge in [0.2, 0.25) is 5.91 Å². The van der Waals surface area contributed by atoms with Crippen LogP contribution in [0.5, 0.6) is 0 Å². The molecule has 31 heavy (non-hydrogen) atoms. The van der Waals surface area contributed by atoms with Crippen molar-refractivity contribution in [3.8, 4) is 11.1 Å². The van der Waals surface area contributed by atoms with Gasteiger partial charge in [-0.3, -0.25) is 4.79 Å². The van der Waals surface area contributed by atoms with Crippen LogP contribution in [0, 0.1) is 0 Å². The van der Waals surface area contributed by atoms with E-state index >= 15 is 0 Å². The third-order valence-electron chi connectivity index (χ3n) is 5.35. The van der Waals surface area contributed by atoms with Gasteiger partial charge < -0.3 is 20.5 Å². The number of hydrogen-bond acceptors (Lipinski definition) is 4. The number of aliphatic carboxylic acids is 1. The Morgan fingerprint density at radius 3 is 2.19 bits per heavy atom. The lowest BCUT2D eigenvalue weighted by atomic mass is 9.98. The van der Waals surface area contributed by atoms with Crippen molar-refractivity contribution in [2.45, 2.75) is 37.8 Å². The quantitative estimate of drug-likeness (QED) is 0.537. The third-order valence-corrected chi connectivity index (χ3v) is 5.35. The fourth-order valence-electron chi connectivity index (χ4n) is 3.72. The van der Waals surface area contributed by atoms with Crippen LogP contribution in [-0.2, 0) is 14.3 Å². The second-order valence-electron chi connectivity index (χ2n) is 7.46. The Bertz CT molecular complexity index is 942. The van der Waals surface area contributed by atoms with E-state index in [0.717, 1.165) is 22.3 Å². The Labute approximate surface area is 181 Å². The average Bonchev–Trinajstić information content (AvgIpc) is 3.08. The van der Waals surface area contributed by atoms with E-state index in [9.17, 15) is 19.5 Å². The molecule has 3 rings (SSSR count). The molecule has 0 bridgehead atoms. The van der Waals surface area contributed by atoms with E-state index in [1.807, 2.05) is 48.5 Å². The van der Waals surface area contributed by atoms with Crippen LogP contribution in [0.4, 0.5) is 4.79 Å². The molecular weight excluding hydrogens is 396 g/mol. The highest BCUT2D eigenvalue weighted by atomic mass is 16.5. The molecule has 0 radical (unpaired) electrons. The SMILES string of the molecule is C=CCCC(NC(=O)[C@H](C)NC(=O)OCC1c2ccccc2-c2ccccc21)C(=O)O. The van der Waals surface area contributed by atoms with Crippen molar-refractivity contribution in [2.24, 2.45) is 0 Å². The first-order valence-electron chi connectivity index (χ1n) is 10.2. The topological polar surface area (TPSA) is 105 Å². The molecule has 2 aromatic rings. The fraction of sp³-hybridized carbons (Fsp3) is 0.292. The van der Waals surface area contributed by atoms with Crippen LogP contribution in [0.15, 0.2) is 61.2 Å². The minimum atomic E-state index is -1.14. The number of carbonyl (C=O) groups excluding carboxylic acids is 2. The molecule has 1 aliphatic rings. The zero-order valence-corrected chi connectivity index (χ0v) is 17.3. The van der Waals surface area contributed by atoms with Crippen molar-refractivity contribution in [3.63, 3.8) is 0 Å². The summed E-state index contributed by atoms with van der Waals surface area (Å²) >= 11 is 0. The van der Waals surface area contributed by atoms with Crippen LogP contribution in [0.25, 0.3) is 11.1 Å². The van der Waals surface area contributed by atoms with Gasteiger partial charge in [-0.15, -0.1) is 6.58 Å². The van der Waals surface area contributed by atoms with E-state index in [2.05, 4.69) is 17.2 Å². The molecule has 0 saturated heterocycles. The standard InChI is InChI=1S/C24H26N2O5/c1-3-4-13-21(23(28)29)26-22(27)15(2)25-24(30)31-14-20-18-11-7-5-9-16(18)17-10-6-8-12-19(17)20/h3,5-12,15,20-21H,1,4,13-14H2,2H3,(H,25,30)(H,26,27)(H,28,29)/t15-,21?/m0/s1. The molecule has 0 aromatic heterocycles. The van der Waals surface area contributed by atoms with Gasteiger partial charge in [0.15, 0.2) is 0 Å². The second-order valence-corrected chi connectivity index (χ2v) is 7.46. The summed E-state index contributed by atoms with van der Waals surface area (Å²) in [5, 5.41) is 14.1. The van der Waals surface area contributed by atoms with Crippen molar-refractivity contribution in [2.75, 3.05) is 6.61 Å². The number of hydrogen-bond donors (Lipinski definition) is 3. The van der Waals surface area contributed by atoms with Crippen LogP contribution < -0.4 is 10.6 Å². The summed E-state index contributed by atoms with van der Waals surface area (Å²) in [5.74, 6) is -1.81. The Kier molecular flexibility index (Phi) is 7.07. The highest BCUT2D eigenvalue weighted by Gasteiger charge is 2.29. The van der Waals surface area contributed by atoms with Gasteiger partial charge in [0, 0.05) is 5.92 Å². The zero-order chi connectivity index (χ0) is 22.4. The summed E-state index contributed by atoms with van der Waals surface area (Å²) in [5.41, 5.74) is 4.43. The minimum Gasteiger partial charge on any atom is -0.480 e. The van der Waals surface area contributed by atoms with E-state index in [-0.39, 0.29) is 18.9 Å². The average molecular weight is 422 g/mol. The fourth-order valence-corrected chi connectivity index (χ4v) is 3.72. The molecule has 7 heteroatoms. The third kappa shape index (κ3) is 5.12. The van der Waals surface area contributed by atoms with Crippen LogP contribution in [-0.4, -0.2) is 41.8 Å². The second kappa shape index (κ2) is 9.93. The molecule has 2 atom stereocenters. The highest BCUT2D eigenvalue weighted by Crippen LogP contribution is 2.44. The van der Waals surface area contributed by atoms with Crippen molar-refractivity contribution in [1.29, 1.82) is 0 Å². The highest BCUT2D eigenvalue weighted by molar-refractivity contribution is 5.89. The molecule has 0 heterocycles. The van der Waals surface area contributed by atoms with E-state index in [4.69, 9.17) is 4.74 Å². The van der Waals surface area contributed by atoms with E-state index in [1.54, 1.807) is 6.08 Å². The van der Waals surface area contributed by atoms with Crippen molar-refractivity contribution in [1.82, 2.24) is 10.6 Å². The summed E-state index contributed by atoms with van der Waals surface area (Å²) in [7, 11) is 0. The van der Waals surface area contributed by atoms with Crippen LogP contribution in [0.1, 0.15) is 36.8 Å². The van der Waals surface area contributed by atoms with Gasteiger partial charge in [0.1, 0.15) is 18.7 Å². The number of amides is 2. The molecule has 162 valence electrons. The van der Waals surface area contributed by atoms with Gasteiger partial charge in [0.05, 0.1) is 0 Å². The predicted molar refractivity (Wildman–Crippen MR) is 117 cm³/mol. The molecule has 2 aromatic carbocycles. The van der Waals surface area contributed by atoms with Crippen LogP contribution in [0.3, 0.4) is 0 Å². The molecule has 2 amide bonds. The summed E-state index contributed by atoms with van der Waals surface area (Å²) in [6.07, 6.45) is 1.52. The number of alkyl carbamates (subject to hydrolysis) is 1. The minimum absolute atomic E-state index is 0.0856. The largest absolute Gasteiger partial charge is 0.480 e. The molecule has 0 aliphatic heterocycles. The molecular formula is C24H26N2O5. The molecule has 3 N–H and O–H groups in total. The number of nitrogens with one attached hydrogen (secondary N) is 2. The number of rotatable bonds is 9. The summed E-state index contributed by atoms with van der Waals surface area (Å²) < 4.78 is 5.42. The maximum Gasteiger partial charge on any atom is 0.407 e. The number of carbonyl (C=O) groups is 3. The van der Waals surface area contributed by atoms with Gasteiger partial charge in [-0.25, -0.2) is 9.59 Å². The molecule has 1 unspecified atom stereocenters. The first kappa shape index (κ1) is 22.1. The summed E-state index contributed by atoms with van der Waals surface area (Å²) in [6, 6.07) is 14.0. The first-order chi connectivity index (χ1) is 14.9. The Morgan fingerprint density at radius 2 is 1.65 bits per heavy atom. The Morgan fingerprint density at radius 1 is 1.06 bits per heavy atom. The smallest absolute Gasteiger partial charge is 0.407 e. The zero-order valence-electron chi connectivity index (χ0n) is 17.3. The molecule has 1 aliphatic carbocycles. The maximum atomic E-state index is 12.3. The van der Waals surface area contributed by atoms with E-state index in [0.29, 0.717) is 6.42 Å². The van der Waals surface area contributed by atoms with Gasteiger partial charge in [-0.05, 0) is 42.0 Å². The molecule has 0 saturated carbocycles. The number of ether oxygens (including phenoxy) is 1. The summed E-state index contributed by atoms with van der Waals surface area (Å²) in [4.78, 5) is 35.8. The molecule has 0 spiro atoms. The first-order valence-corrected chi connectivity index (χ1v) is 10.2. The molecule has 0 fully saturated rings. The van der Waals surface area contributed by atoms with Gasteiger partial charge >= 0.3 is 12.1 Å². The summed E-state index contributed by atoms with van der Waals surface area (Å²) in [6.45, 7) is 5.15. The van der Waals surface area contributed by atoms with Crippen molar-refractivity contribution >= 4 is 18.0 Å². The van der Waals surface area contributed by atoms with Gasteiger partial charge in [0.25, 0.3) is 0 Å². The van der Waals surface area contributed by atoms with E-state index < -0.39 is 30.1 Å². The van der Waals surface area contributed by atoms with E-state index in [1.165, 1.54) is 6.92 Å². The van der Waals surface area contributed by atoms with Crippen LogP contribution in [0.2, 0.25) is 0 Å². The lowest BCUT2D eigenvalue weighted by Crippen LogP contribution is -2.50. The number of fused-ring (bicyclic) bond motifs is 3. The Hall–Kier alpha value is -3.61.